The summed E-state index contributed by atoms with van der Waals surface area (Å²) in [5, 5.41) is 10.7. The number of rotatable bonds is 7. The van der Waals surface area contributed by atoms with Gasteiger partial charge in [0.2, 0.25) is 5.78 Å². The van der Waals surface area contributed by atoms with Crippen molar-refractivity contribution in [2.24, 2.45) is 0 Å². The summed E-state index contributed by atoms with van der Waals surface area (Å²) >= 11 is 0. The van der Waals surface area contributed by atoms with Crippen LogP contribution in [0.3, 0.4) is 0 Å². The zero-order valence-electron chi connectivity index (χ0n) is 20.6. The van der Waals surface area contributed by atoms with Crippen LogP contribution in [0.25, 0.3) is 6.08 Å². The van der Waals surface area contributed by atoms with Crippen molar-refractivity contribution in [3.8, 4) is 23.0 Å². The van der Waals surface area contributed by atoms with Gasteiger partial charge in [0.05, 0.1) is 25.3 Å². The summed E-state index contributed by atoms with van der Waals surface area (Å²) in [6.45, 7) is 5.05. The first-order chi connectivity index (χ1) is 17.6. The minimum atomic E-state index is -0.219. The molecule has 0 aromatic heterocycles. The highest BCUT2D eigenvalue weighted by atomic mass is 16.5. The van der Waals surface area contributed by atoms with Gasteiger partial charge in [-0.15, -0.1) is 0 Å². The highest BCUT2D eigenvalue weighted by Gasteiger charge is 2.32. The van der Waals surface area contributed by atoms with Crippen LogP contribution in [-0.2, 0) is 13.1 Å². The molecule has 0 amide bonds. The number of carbonyl (C=O) groups is 1. The van der Waals surface area contributed by atoms with Gasteiger partial charge in [-0.25, -0.2) is 0 Å². The number of benzene rings is 3. The average molecular weight is 487 g/mol. The molecule has 2 aliphatic heterocycles. The molecule has 2 aliphatic rings. The van der Waals surface area contributed by atoms with Crippen LogP contribution in [-0.4, -0.2) is 61.1 Å². The molecule has 5 rings (SSSR count). The van der Waals surface area contributed by atoms with E-state index in [0.717, 1.165) is 32.7 Å². The monoisotopic (exact) mass is 486 g/mol. The fourth-order valence-corrected chi connectivity index (χ4v) is 4.79. The van der Waals surface area contributed by atoms with Crippen molar-refractivity contribution in [2.75, 3.05) is 40.4 Å². The minimum absolute atomic E-state index is 0.133. The van der Waals surface area contributed by atoms with Gasteiger partial charge in [0, 0.05) is 44.8 Å². The van der Waals surface area contributed by atoms with Crippen molar-refractivity contribution in [3.05, 3.63) is 88.7 Å². The summed E-state index contributed by atoms with van der Waals surface area (Å²) in [6.07, 6.45) is 1.66. The first-order valence-corrected chi connectivity index (χ1v) is 12.1. The van der Waals surface area contributed by atoms with Gasteiger partial charge in [0.1, 0.15) is 11.5 Å². The number of carbonyl (C=O) groups excluding carboxylic acids is 1. The number of ether oxygens (including phenoxy) is 3. The molecule has 186 valence electrons. The van der Waals surface area contributed by atoms with Gasteiger partial charge in [-0.1, -0.05) is 42.5 Å². The normalized spacial score (nSPS) is 17.2. The summed E-state index contributed by atoms with van der Waals surface area (Å²) in [4.78, 5) is 17.9. The van der Waals surface area contributed by atoms with Crippen molar-refractivity contribution in [3.63, 3.8) is 0 Å². The Bertz CT molecular complexity index is 1280. The lowest BCUT2D eigenvalue weighted by Crippen LogP contribution is -2.45. The molecular formula is C29H30N2O5. The van der Waals surface area contributed by atoms with Gasteiger partial charge in [-0.2, -0.15) is 0 Å². The van der Waals surface area contributed by atoms with Gasteiger partial charge in [0.15, 0.2) is 17.3 Å². The first-order valence-electron chi connectivity index (χ1n) is 12.1. The van der Waals surface area contributed by atoms with Gasteiger partial charge < -0.3 is 19.3 Å². The summed E-state index contributed by atoms with van der Waals surface area (Å²) in [6, 6.07) is 19.1. The molecule has 0 aliphatic carbocycles. The third kappa shape index (κ3) is 4.80. The second-order valence-corrected chi connectivity index (χ2v) is 9.00. The molecule has 0 radical (unpaired) electrons. The third-order valence-corrected chi connectivity index (χ3v) is 6.73. The van der Waals surface area contributed by atoms with E-state index in [4.69, 9.17) is 14.2 Å². The van der Waals surface area contributed by atoms with E-state index >= 15 is 0 Å². The lowest BCUT2D eigenvalue weighted by atomic mass is 10.0. The summed E-state index contributed by atoms with van der Waals surface area (Å²) in [7, 11) is 3.13. The number of nitrogens with zero attached hydrogens (tertiary/aromatic N) is 2. The smallest absolute Gasteiger partial charge is 0.231 e. The highest BCUT2D eigenvalue weighted by molar-refractivity contribution is 6.15. The Kier molecular flexibility index (Phi) is 6.93. The molecule has 0 unspecified atom stereocenters. The van der Waals surface area contributed by atoms with Crippen molar-refractivity contribution in [1.82, 2.24) is 9.80 Å². The van der Waals surface area contributed by atoms with Gasteiger partial charge in [0.25, 0.3) is 0 Å². The maximum Gasteiger partial charge on any atom is 0.231 e. The lowest BCUT2D eigenvalue weighted by Gasteiger charge is -2.35. The molecule has 2 heterocycles. The molecule has 1 fully saturated rings. The Morgan fingerprint density at radius 3 is 2.31 bits per heavy atom. The van der Waals surface area contributed by atoms with Crippen molar-refractivity contribution in [1.29, 1.82) is 0 Å². The largest absolute Gasteiger partial charge is 0.507 e. The highest BCUT2D eigenvalue weighted by Crippen LogP contribution is 2.41. The number of phenols is 1. The van der Waals surface area contributed by atoms with Crippen LogP contribution < -0.4 is 14.2 Å². The maximum atomic E-state index is 13.2. The van der Waals surface area contributed by atoms with Crippen LogP contribution in [0.2, 0.25) is 0 Å². The number of phenolic OH excluding ortho intramolecular Hbond substituents is 1. The Balaban J connectivity index is 1.32. The third-order valence-electron chi connectivity index (χ3n) is 6.73. The van der Waals surface area contributed by atoms with E-state index in [2.05, 4.69) is 34.1 Å². The topological polar surface area (TPSA) is 71.5 Å². The van der Waals surface area contributed by atoms with Crippen molar-refractivity contribution >= 4 is 11.9 Å². The lowest BCUT2D eigenvalue weighted by molar-refractivity contribution is 0.101. The Morgan fingerprint density at radius 1 is 0.889 bits per heavy atom. The maximum absolute atomic E-state index is 13.2. The first kappa shape index (κ1) is 23.9. The molecule has 7 nitrogen and oxygen atoms in total. The van der Waals surface area contributed by atoms with E-state index < -0.39 is 0 Å². The molecule has 0 bridgehead atoms. The van der Waals surface area contributed by atoms with Crippen LogP contribution in [0.15, 0.2) is 66.4 Å². The number of para-hydroxylation sites is 1. The zero-order chi connectivity index (χ0) is 25.1. The van der Waals surface area contributed by atoms with Crippen LogP contribution in [0, 0.1) is 0 Å². The number of allylic oxidation sites excluding steroid dienone is 1. The van der Waals surface area contributed by atoms with Gasteiger partial charge in [-0.05, 0) is 29.8 Å². The van der Waals surface area contributed by atoms with E-state index in [1.54, 1.807) is 38.5 Å². The SMILES string of the molecule is COc1cccc(/C=C2\Oc3c(ccc(O)c3CN3CCN(Cc4ccccc4)CC3)C2=O)c1OC. The Morgan fingerprint density at radius 2 is 1.61 bits per heavy atom. The fourth-order valence-electron chi connectivity index (χ4n) is 4.79. The standard InChI is InChI=1S/C29H30N2O5/c1-34-25-10-6-9-21(28(25)35-2)17-26-27(33)22-11-12-24(32)23(29(22)36-26)19-31-15-13-30(14-16-31)18-20-7-4-3-5-8-20/h3-12,17,32H,13-16,18-19H2,1-2H3/b26-17-. The molecule has 1 N–H and O–H groups in total. The summed E-state index contributed by atoms with van der Waals surface area (Å²) in [5.74, 6) is 1.63. The van der Waals surface area contributed by atoms with E-state index in [1.807, 2.05) is 18.2 Å². The van der Waals surface area contributed by atoms with E-state index in [0.29, 0.717) is 40.5 Å². The number of hydrogen-bond donors (Lipinski definition) is 1. The number of fused-ring (bicyclic) bond motifs is 1. The zero-order valence-corrected chi connectivity index (χ0v) is 20.6. The average Bonchev–Trinajstić information content (AvgIpc) is 3.22. The molecule has 0 saturated carbocycles. The summed E-state index contributed by atoms with van der Waals surface area (Å²) < 4.78 is 16.9. The fraction of sp³-hybridized carbons (Fsp3) is 0.276. The molecule has 36 heavy (non-hydrogen) atoms. The predicted octanol–water partition coefficient (Wildman–Crippen LogP) is 4.34. The number of piperazine rings is 1. The number of aromatic hydroxyl groups is 1. The predicted molar refractivity (Wildman–Crippen MR) is 138 cm³/mol. The van der Waals surface area contributed by atoms with Gasteiger partial charge in [-0.3, -0.25) is 14.6 Å². The molecule has 3 aromatic rings. The molecule has 3 aromatic carbocycles. The van der Waals surface area contributed by atoms with E-state index in [9.17, 15) is 9.90 Å². The number of hydrogen-bond acceptors (Lipinski definition) is 7. The Hall–Kier alpha value is -3.81. The molecule has 0 spiro atoms. The van der Waals surface area contributed by atoms with Crippen LogP contribution in [0.1, 0.15) is 27.0 Å². The van der Waals surface area contributed by atoms with Crippen LogP contribution >= 0.6 is 0 Å². The molecule has 7 heteroatoms. The van der Waals surface area contributed by atoms with Crippen LogP contribution in [0.4, 0.5) is 0 Å². The van der Waals surface area contributed by atoms with Crippen molar-refractivity contribution < 1.29 is 24.1 Å². The minimum Gasteiger partial charge on any atom is -0.507 e. The van der Waals surface area contributed by atoms with Crippen molar-refractivity contribution in [2.45, 2.75) is 13.1 Å². The van der Waals surface area contributed by atoms with E-state index in [-0.39, 0.29) is 17.3 Å². The molecule has 0 atom stereocenters. The number of methoxy groups -OCH3 is 2. The Labute approximate surface area is 211 Å². The van der Waals surface area contributed by atoms with Crippen LogP contribution in [0.5, 0.6) is 23.0 Å². The summed E-state index contributed by atoms with van der Waals surface area (Å²) in [5.41, 5.74) is 3.08. The number of ketones is 1. The van der Waals surface area contributed by atoms with Gasteiger partial charge >= 0.3 is 0 Å². The second-order valence-electron chi connectivity index (χ2n) is 9.00. The second kappa shape index (κ2) is 10.4. The molecule has 1 saturated heterocycles. The molecular weight excluding hydrogens is 456 g/mol. The van der Waals surface area contributed by atoms with E-state index in [1.165, 1.54) is 5.56 Å². The number of Topliss-reactive ketones (excluding diaryl/α,β-unsaturated/α-hetero) is 1. The quantitative estimate of drug-likeness (QED) is 0.498.